The van der Waals surface area contributed by atoms with Crippen LogP contribution in [0.3, 0.4) is 0 Å². The van der Waals surface area contributed by atoms with Gasteiger partial charge in [-0.05, 0) is 101 Å². The van der Waals surface area contributed by atoms with Crippen LogP contribution < -0.4 is 11.5 Å². The first-order chi connectivity index (χ1) is 19.4. The molecule has 2 unspecified atom stereocenters. The van der Waals surface area contributed by atoms with E-state index >= 15 is 0 Å². The number of carbonyl (C=O) groups is 1. The molecule has 1 fully saturated rings. The molecule has 5 nitrogen and oxygen atoms in total. The molecule has 3 aromatic carbocycles. The van der Waals surface area contributed by atoms with Crippen LogP contribution in [0.15, 0.2) is 59.6 Å². The van der Waals surface area contributed by atoms with Crippen molar-refractivity contribution in [2.45, 2.75) is 90.5 Å². The predicted octanol–water partition coefficient (Wildman–Crippen LogP) is 7.22. The smallest absolute Gasteiger partial charge is 0.254 e. The summed E-state index contributed by atoms with van der Waals surface area (Å²) in [5, 5.41) is 2.12. The Morgan fingerprint density at radius 3 is 2.32 bits per heavy atom. The summed E-state index contributed by atoms with van der Waals surface area (Å²) in [5.74, 6) is 1.16. The molecule has 0 spiro atoms. The minimum Gasteiger partial charge on any atom is -0.370 e. The molecule has 3 aromatic rings. The fourth-order valence-corrected chi connectivity index (χ4v) is 7.22. The number of carbonyl (C=O) groups excluding carboxylic acids is 1. The molecule has 41 heavy (non-hydrogen) atoms. The predicted molar refractivity (Wildman–Crippen MR) is 171 cm³/mol. The first kappa shape index (κ1) is 29.2. The monoisotopic (exact) mass is 552 g/mol. The Bertz CT molecular complexity index is 1440. The Labute approximate surface area is 246 Å². The van der Waals surface area contributed by atoms with Crippen LogP contribution in [0.2, 0.25) is 0 Å². The fraction of sp³-hybridized carbons (Fsp3) is 0.500. The van der Waals surface area contributed by atoms with E-state index in [0.29, 0.717) is 24.9 Å². The molecule has 1 saturated carbocycles. The highest BCUT2D eigenvalue weighted by Gasteiger charge is 2.38. The summed E-state index contributed by atoms with van der Waals surface area (Å²) < 4.78 is 0. The minimum atomic E-state index is 0.116. The zero-order valence-electron chi connectivity index (χ0n) is 25.7. The maximum Gasteiger partial charge on any atom is 0.254 e. The van der Waals surface area contributed by atoms with Gasteiger partial charge >= 0.3 is 0 Å². The zero-order valence-corrected chi connectivity index (χ0v) is 25.7. The highest BCUT2D eigenvalue weighted by atomic mass is 16.2. The molecule has 0 radical (unpaired) electrons. The van der Waals surface area contributed by atoms with E-state index in [-0.39, 0.29) is 22.7 Å². The molecule has 0 aromatic heterocycles. The lowest BCUT2D eigenvalue weighted by Gasteiger charge is -2.42. The summed E-state index contributed by atoms with van der Waals surface area (Å²) in [4.78, 5) is 20.9. The normalized spacial score (nSPS) is 21.2. The Morgan fingerprint density at radius 2 is 1.59 bits per heavy atom. The lowest BCUT2D eigenvalue weighted by molar-refractivity contribution is 0.0688. The lowest BCUT2D eigenvalue weighted by Crippen LogP contribution is -2.38. The molecule has 2 atom stereocenters. The SMILES string of the molecule is Cc1cc2c(cc1CN(CC1CCCC(CN=C(N)N)C1)C(=O)c1cccc3ccccc13)C(C)(C)CCC2(C)C. The van der Waals surface area contributed by atoms with Crippen molar-refractivity contribution in [2.75, 3.05) is 13.1 Å². The van der Waals surface area contributed by atoms with Gasteiger partial charge < -0.3 is 16.4 Å². The van der Waals surface area contributed by atoms with Crippen molar-refractivity contribution in [3.63, 3.8) is 0 Å². The standard InChI is InChI=1S/C36H48N4O/c1-24-18-31-32(36(4,5)17-16-35(31,2)3)20-28(24)23-40(22-26-11-8-10-25(19-26)21-39-34(37)38)33(41)30-15-9-13-27-12-6-7-14-29(27)30/h6-7,9,12-15,18,20,25-26H,8,10-11,16-17,19,21-23H2,1-5H3,(H4,37,38,39). The van der Waals surface area contributed by atoms with Crippen LogP contribution in [0.4, 0.5) is 0 Å². The molecule has 1 amide bonds. The number of guanidine groups is 1. The quantitative estimate of drug-likeness (QED) is 0.240. The number of benzene rings is 3. The Kier molecular flexibility index (Phi) is 8.18. The fourth-order valence-electron chi connectivity index (χ4n) is 7.22. The van der Waals surface area contributed by atoms with E-state index in [1.807, 2.05) is 24.3 Å². The third-order valence-corrected chi connectivity index (χ3v) is 9.88. The molecule has 0 aliphatic heterocycles. The van der Waals surface area contributed by atoms with Crippen LogP contribution in [-0.2, 0) is 17.4 Å². The molecule has 0 saturated heterocycles. The van der Waals surface area contributed by atoms with Gasteiger partial charge in [0.2, 0.25) is 0 Å². The van der Waals surface area contributed by atoms with Gasteiger partial charge in [-0.25, -0.2) is 0 Å². The van der Waals surface area contributed by atoms with Gasteiger partial charge in [-0.2, -0.15) is 0 Å². The Hall–Kier alpha value is -3.34. The highest BCUT2D eigenvalue weighted by Crippen LogP contribution is 2.46. The first-order valence-electron chi connectivity index (χ1n) is 15.4. The molecular weight excluding hydrogens is 504 g/mol. The average molecular weight is 553 g/mol. The number of nitrogens with two attached hydrogens (primary N) is 2. The van der Waals surface area contributed by atoms with Gasteiger partial charge in [0.25, 0.3) is 5.91 Å². The Morgan fingerprint density at radius 1 is 0.927 bits per heavy atom. The Balaban J connectivity index is 1.50. The summed E-state index contributed by atoms with van der Waals surface area (Å²) >= 11 is 0. The number of aryl methyl sites for hydroxylation is 1. The van der Waals surface area contributed by atoms with Crippen molar-refractivity contribution in [1.82, 2.24) is 4.90 Å². The summed E-state index contributed by atoms with van der Waals surface area (Å²) in [6.07, 6.45) is 6.82. The van der Waals surface area contributed by atoms with Crippen LogP contribution in [-0.4, -0.2) is 29.9 Å². The van der Waals surface area contributed by atoms with E-state index in [4.69, 9.17) is 11.5 Å². The molecule has 4 N–H and O–H groups in total. The number of hydrogen-bond donors (Lipinski definition) is 2. The average Bonchev–Trinajstić information content (AvgIpc) is 2.94. The zero-order chi connectivity index (χ0) is 29.4. The second kappa shape index (κ2) is 11.5. The third-order valence-electron chi connectivity index (χ3n) is 9.88. The molecule has 2 aliphatic rings. The van der Waals surface area contributed by atoms with E-state index < -0.39 is 0 Å². The van der Waals surface area contributed by atoms with Crippen LogP contribution >= 0.6 is 0 Å². The van der Waals surface area contributed by atoms with E-state index in [1.54, 1.807) is 0 Å². The van der Waals surface area contributed by atoms with Crippen LogP contribution in [0.1, 0.15) is 98.8 Å². The number of nitrogens with zero attached hydrogens (tertiary/aromatic N) is 2. The van der Waals surface area contributed by atoms with Gasteiger partial charge in [0, 0.05) is 25.2 Å². The number of fused-ring (bicyclic) bond motifs is 2. The second-order valence-electron chi connectivity index (χ2n) is 14.0. The number of aliphatic imine (C=N–C) groups is 1. The van der Waals surface area contributed by atoms with Gasteiger partial charge in [-0.3, -0.25) is 9.79 Å². The van der Waals surface area contributed by atoms with Crippen LogP contribution in [0.25, 0.3) is 10.8 Å². The molecule has 5 heteroatoms. The molecule has 218 valence electrons. The van der Waals surface area contributed by atoms with Gasteiger partial charge in [0.15, 0.2) is 5.96 Å². The van der Waals surface area contributed by atoms with Crippen molar-refractivity contribution in [3.8, 4) is 0 Å². The highest BCUT2D eigenvalue weighted by molar-refractivity contribution is 6.07. The number of hydrogen-bond acceptors (Lipinski definition) is 2. The molecule has 5 rings (SSSR count). The van der Waals surface area contributed by atoms with E-state index in [9.17, 15) is 4.79 Å². The van der Waals surface area contributed by atoms with Crippen molar-refractivity contribution >= 4 is 22.6 Å². The lowest BCUT2D eigenvalue weighted by atomic mass is 9.62. The maximum atomic E-state index is 14.4. The number of rotatable bonds is 7. The molecule has 0 heterocycles. The van der Waals surface area contributed by atoms with Crippen molar-refractivity contribution < 1.29 is 4.79 Å². The van der Waals surface area contributed by atoms with Gasteiger partial charge in [0.05, 0.1) is 0 Å². The first-order valence-corrected chi connectivity index (χ1v) is 15.4. The second-order valence-corrected chi connectivity index (χ2v) is 14.0. The molecule has 0 bridgehead atoms. The number of amides is 1. The topological polar surface area (TPSA) is 84.7 Å². The van der Waals surface area contributed by atoms with Crippen molar-refractivity contribution in [3.05, 3.63) is 82.4 Å². The van der Waals surface area contributed by atoms with Gasteiger partial charge in [-0.1, -0.05) is 82.6 Å². The maximum absolute atomic E-state index is 14.4. The summed E-state index contributed by atoms with van der Waals surface area (Å²) in [6.45, 7) is 13.7. The van der Waals surface area contributed by atoms with Crippen molar-refractivity contribution in [2.24, 2.45) is 28.3 Å². The van der Waals surface area contributed by atoms with E-state index in [0.717, 1.165) is 48.6 Å². The summed E-state index contributed by atoms with van der Waals surface area (Å²) in [6, 6.07) is 19.1. The van der Waals surface area contributed by atoms with Crippen molar-refractivity contribution in [1.29, 1.82) is 0 Å². The van der Waals surface area contributed by atoms with Crippen LogP contribution in [0, 0.1) is 18.8 Å². The van der Waals surface area contributed by atoms with E-state index in [1.165, 1.54) is 35.1 Å². The van der Waals surface area contributed by atoms with Gasteiger partial charge in [-0.15, -0.1) is 0 Å². The minimum absolute atomic E-state index is 0.116. The van der Waals surface area contributed by atoms with Gasteiger partial charge in [0.1, 0.15) is 0 Å². The summed E-state index contributed by atoms with van der Waals surface area (Å²) in [5.41, 5.74) is 17.8. The molecular formula is C36H48N4O. The van der Waals surface area contributed by atoms with Crippen LogP contribution in [0.5, 0.6) is 0 Å². The third kappa shape index (κ3) is 6.29. The van der Waals surface area contributed by atoms with E-state index in [2.05, 4.69) is 74.8 Å². The largest absolute Gasteiger partial charge is 0.370 e. The molecule has 2 aliphatic carbocycles. The summed E-state index contributed by atoms with van der Waals surface area (Å²) in [7, 11) is 0.